The van der Waals surface area contributed by atoms with Crippen molar-refractivity contribution in [3.05, 3.63) is 29.8 Å². The van der Waals surface area contributed by atoms with Gasteiger partial charge in [-0.15, -0.1) is 0 Å². The zero-order valence-electron chi connectivity index (χ0n) is 13.7. The molecule has 2 heterocycles. The van der Waals surface area contributed by atoms with Crippen molar-refractivity contribution >= 4 is 15.7 Å². The highest BCUT2D eigenvalue weighted by Crippen LogP contribution is 2.28. The Balaban J connectivity index is 0.000000238. The summed E-state index contributed by atoms with van der Waals surface area (Å²) in [5.74, 6) is 0. The van der Waals surface area contributed by atoms with Gasteiger partial charge in [0.2, 0.25) is 10.0 Å². The highest BCUT2D eigenvalue weighted by atomic mass is 32.2. The van der Waals surface area contributed by atoms with Crippen LogP contribution in [0, 0.1) is 0 Å². The fraction of sp³-hybridized carbons (Fsp3) is 0.647. The standard InChI is InChI=1S/C12H19NO2S.C5H9N/c1-3-4-5-6-11-7-9-12(10-8-11)13-16(2,14)15;1-3-6-4-2-5(1)6/h7-10,13H,3-6H2,1-2H3;5H,1-4H2. The SMILES string of the molecule is C1CN2CCC12.CCCCCc1ccc(NS(C)(=O)=O)cc1. The second kappa shape index (κ2) is 7.97. The number of benzene rings is 1. The van der Waals surface area contributed by atoms with Gasteiger partial charge < -0.3 is 4.90 Å². The van der Waals surface area contributed by atoms with Crippen molar-refractivity contribution in [2.45, 2.75) is 51.5 Å². The molecule has 22 heavy (non-hydrogen) atoms. The third kappa shape index (κ3) is 5.61. The lowest BCUT2D eigenvalue weighted by atomic mass is 9.91. The summed E-state index contributed by atoms with van der Waals surface area (Å²) < 4.78 is 24.4. The number of unbranched alkanes of at least 4 members (excludes halogenated alkanes) is 2. The summed E-state index contributed by atoms with van der Waals surface area (Å²) in [7, 11) is -3.16. The maximum atomic E-state index is 11.0. The van der Waals surface area contributed by atoms with Gasteiger partial charge in [-0.05, 0) is 56.5 Å². The largest absolute Gasteiger partial charge is 0.300 e. The van der Waals surface area contributed by atoms with Crippen LogP contribution in [0.2, 0.25) is 0 Å². The Morgan fingerprint density at radius 2 is 1.73 bits per heavy atom. The van der Waals surface area contributed by atoms with Crippen molar-refractivity contribution in [1.82, 2.24) is 4.90 Å². The molecule has 5 heteroatoms. The molecule has 2 fully saturated rings. The molecule has 3 rings (SSSR count). The van der Waals surface area contributed by atoms with Gasteiger partial charge >= 0.3 is 0 Å². The van der Waals surface area contributed by atoms with Gasteiger partial charge in [0.15, 0.2) is 0 Å². The van der Waals surface area contributed by atoms with E-state index in [0.717, 1.165) is 18.7 Å². The van der Waals surface area contributed by atoms with E-state index in [2.05, 4.69) is 16.5 Å². The van der Waals surface area contributed by atoms with E-state index in [9.17, 15) is 8.42 Å². The summed E-state index contributed by atoms with van der Waals surface area (Å²) in [6, 6.07) is 8.61. The molecule has 0 bridgehead atoms. The van der Waals surface area contributed by atoms with Crippen LogP contribution in [0.3, 0.4) is 0 Å². The molecular weight excluding hydrogens is 296 g/mol. The minimum atomic E-state index is -3.16. The number of nitrogens with zero attached hydrogens (tertiary/aromatic N) is 1. The third-order valence-electron chi connectivity index (χ3n) is 4.34. The molecule has 2 aliphatic heterocycles. The van der Waals surface area contributed by atoms with Crippen LogP contribution in [0.15, 0.2) is 24.3 Å². The molecular formula is C17H28N2O2S. The topological polar surface area (TPSA) is 49.4 Å². The molecule has 124 valence electrons. The van der Waals surface area contributed by atoms with E-state index in [1.807, 2.05) is 24.3 Å². The van der Waals surface area contributed by atoms with Crippen molar-refractivity contribution in [3.8, 4) is 0 Å². The molecule has 1 N–H and O–H groups in total. The molecule has 0 spiro atoms. The number of piperidine rings is 1. The first kappa shape index (κ1) is 17.3. The van der Waals surface area contributed by atoms with E-state index < -0.39 is 10.0 Å². The summed E-state index contributed by atoms with van der Waals surface area (Å²) in [5.41, 5.74) is 1.88. The van der Waals surface area contributed by atoms with Gasteiger partial charge in [0.05, 0.1) is 6.26 Å². The lowest BCUT2D eigenvalue weighted by Gasteiger charge is -2.50. The van der Waals surface area contributed by atoms with Crippen LogP contribution in [0.1, 0.15) is 44.6 Å². The van der Waals surface area contributed by atoms with Crippen LogP contribution in [0.25, 0.3) is 0 Å². The van der Waals surface area contributed by atoms with Gasteiger partial charge in [0.25, 0.3) is 0 Å². The van der Waals surface area contributed by atoms with Gasteiger partial charge in [-0.25, -0.2) is 8.42 Å². The molecule has 0 radical (unpaired) electrons. The number of fused-ring (bicyclic) bond motifs is 1. The highest BCUT2D eigenvalue weighted by Gasteiger charge is 2.34. The van der Waals surface area contributed by atoms with E-state index >= 15 is 0 Å². The van der Waals surface area contributed by atoms with E-state index in [0.29, 0.717) is 5.69 Å². The number of anilines is 1. The fourth-order valence-corrected chi connectivity index (χ4v) is 3.34. The van der Waals surface area contributed by atoms with Crippen LogP contribution in [-0.4, -0.2) is 38.7 Å². The molecule has 2 saturated heterocycles. The third-order valence-corrected chi connectivity index (χ3v) is 4.95. The van der Waals surface area contributed by atoms with Crippen molar-refractivity contribution < 1.29 is 8.42 Å². The Morgan fingerprint density at radius 3 is 2.09 bits per heavy atom. The molecule has 0 aromatic heterocycles. The number of hydrogen-bond acceptors (Lipinski definition) is 3. The summed E-state index contributed by atoms with van der Waals surface area (Å²) in [6.45, 7) is 4.97. The minimum Gasteiger partial charge on any atom is -0.300 e. The first-order valence-electron chi connectivity index (χ1n) is 8.28. The molecule has 0 atom stereocenters. The molecule has 0 aliphatic carbocycles. The number of aryl methyl sites for hydroxylation is 1. The Labute approximate surface area is 135 Å². The van der Waals surface area contributed by atoms with Crippen LogP contribution in [0.5, 0.6) is 0 Å². The second-order valence-corrected chi connectivity index (χ2v) is 8.04. The second-order valence-electron chi connectivity index (χ2n) is 6.30. The van der Waals surface area contributed by atoms with Crippen LogP contribution in [-0.2, 0) is 16.4 Å². The van der Waals surface area contributed by atoms with Crippen LogP contribution < -0.4 is 4.72 Å². The molecule has 1 aromatic rings. The lowest BCUT2D eigenvalue weighted by molar-refractivity contribution is -0.00222. The van der Waals surface area contributed by atoms with E-state index in [-0.39, 0.29) is 0 Å². The van der Waals surface area contributed by atoms with Crippen molar-refractivity contribution in [2.75, 3.05) is 24.1 Å². The average Bonchev–Trinajstić information content (AvgIpc) is 2.44. The number of sulfonamides is 1. The summed E-state index contributed by atoms with van der Waals surface area (Å²) in [6.07, 6.45) is 8.83. The Morgan fingerprint density at radius 1 is 1.14 bits per heavy atom. The monoisotopic (exact) mass is 324 g/mol. The minimum absolute atomic E-state index is 0.627. The van der Waals surface area contributed by atoms with Gasteiger partial charge in [-0.1, -0.05) is 31.9 Å². The maximum absolute atomic E-state index is 11.0. The molecule has 0 amide bonds. The summed E-state index contributed by atoms with van der Waals surface area (Å²) in [4.78, 5) is 2.53. The Hall–Kier alpha value is -1.07. The van der Waals surface area contributed by atoms with E-state index in [1.165, 1.54) is 50.8 Å². The first-order valence-corrected chi connectivity index (χ1v) is 10.2. The molecule has 0 unspecified atom stereocenters. The van der Waals surface area contributed by atoms with Crippen LogP contribution >= 0.6 is 0 Å². The normalized spacial score (nSPS) is 17.5. The van der Waals surface area contributed by atoms with E-state index in [1.54, 1.807) is 0 Å². The lowest BCUT2D eigenvalue weighted by Crippen LogP contribution is -2.57. The van der Waals surface area contributed by atoms with Crippen LogP contribution in [0.4, 0.5) is 5.69 Å². The molecule has 0 saturated carbocycles. The van der Waals surface area contributed by atoms with Crippen molar-refractivity contribution in [3.63, 3.8) is 0 Å². The number of nitrogens with one attached hydrogen (secondary N) is 1. The predicted molar refractivity (Wildman–Crippen MR) is 92.7 cm³/mol. The maximum Gasteiger partial charge on any atom is 0.229 e. The Kier molecular flexibility index (Phi) is 6.26. The molecule has 2 aliphatic rings. The quantitative estimate of drug-likeness (QED) is 0.817. The van der Waals surface area contributed by atoms with Crippen molar-refractivity contribution in [2.24, 2.45) is 0 Å². The van der Waals surface area contributed by atoms with Gasteiger partial charge in [0, 0.05) is 11.7 Å². The van der Waals surface area contributed by atoms with Gasteiger partial charge in [-0.2, -0.15) is 0 Å². The molecule has 1 aromatic carbocycles. The smallest absolute Gasteiger partial charge is 0.229 e. The summed E-state index contributed by atoms with van der Waals surface area (Å²) in [5, 5.41) is 0. The van der Waals surface area contributed by atoms with E-state index in [4.69, 9.17) is 0 Å². The zero-order chi connectivity index (χ0) is 16.0. The Bertz CT molecular complexity index is 537. The number of rotatable bonds is 6. The van der Waals surface area contributed by atoms with Gasteiger partial charge in [-0.3, -0.25) is 4.72 Å². The highest BCUT2D eigenvalue weighted by molar-refractivity contribution is 7.92. The predicted octanol–water partition coefficient (Wildman–Crippen LogP) is 3.26. The van der Waals surface area contributed by atoms with Gasteiger partial charge in [0.1, 0.15) is 0 Å². The average molecular weight is 324 g/mol. The number of hydrogen-bond donors (Lipinski definition) is 1. The summed E-state index contributed by atoms with van der Waals surface area (Å²) >= 11 is 0. The zero-order valence-corrected chi connectivity index (χ0v) is 14.5. The van der Waals surface area contributed by atoms with Crippen molar-refractivity contribution in [1.29, 1.82) is 0 Å². The molecule has 4 nitrogen and oxygen atoms in total. The fourth-order valence-electron chi connectivity index (χ4n) is 2.78. The first-order chi connectivity index (χ1) is 10.5.